The largest absolute Gasteiger partial charge is 0.398 e. The van der Waals surface area contributed by atoms with Crippen LogP contribution >= 0.6 is 0 Å². The van der Waals surface area contributed by atoms with E-state index in [0.717, 1.165) is 33.5 Å². The summed E-state index contributed by atoms with van der Waals surface area (Å²) in [5.74, 6) is 0. The molecular weight excluding hydrogens is 224 g/mol. The minimum atomic E-state index is 0.750. The fourth-order valence-electron chi connectivity index (χ4n) is 2.17. The van der Waals surface area contributed by atoms with E-state index in [1.165, 1.54) is 0 Å². The number of nitrogens with zero attached hydrogens (tertiary/aromatic N) is 3. The maximum absolute atomic E-state index is 6.11. The molecule has 3 aromatic rings. The number of aromatic nitrogens is 3. The third kappa shape index (κ3) is 1.54. The van der Waals surface area contributed by atoms with Crippen LogP contribution in [0.4, 0.5) is 5.69 Å². The lowest BCUT2D eigenvalue weighted by atomic mass is 10.1. The summed E-state index contributed by atoms with van der Waals surface area (Å²) in [6.07, 6.45) is 1.76. The van der Waals surface area contributed by atoms with Gasteiger partial charge in [-0.3, -0.25) is 4.68 Å². The average Bonchev–Trinajstić information content (AvgIpc) is 2.77. The standard InChI is InChI=1S/C14H14N4/c1-9-4-3-5-10-11(15)8-12(17-14(9)10)13-6-7-16-18(13)2/h3-8H,1-2H3,(H2,15,17). The van der Waals surface area contributed by atoms with Crippen LogP contribution < -0.4 is 5.73 Å². The van der Waals surface area contributed by atoms with E-state index in [9.17, 15) is 0 Å². The van der Waals surface area contributed by atoms with Crippen LogP contribution in [0.25, 0.3) is 22.3 Å². The van der Waals surface area contributed by atoms with Gasteiger partial charge in [-0.05, 0) is 24.6 Å². The van der Waals surface area contributed by atoms with Gasteiger partial charge >= 0.3 is 0 Å². The van der Waals surface area contributed by atoms with Crippen LogP contribution in [0.2, 0.25) is 0 Å². The second-order valence-electron chi connectivity index (χ2n) is 4.41. The normalized spacial score (nSPS) is 11.0. The summed E-state index contributed by atoms with van der Waals surface area (Å²) in [6.45, 7) is 2.04. The van der Waals surface area contributed by atoms with Crippen LogP contribution in [-0.4, -0.2) is 14.8 Å². The minimum absolute atomic E-state index is 0.750. The van der Waals surface area contributed by atoms with Crippen molar-refractivity contribution in [3.05, 3.63) is 42.1 Å². The second-order valence-corrected chi connectivity index (χ2v) is 4.41. The van der Waals surface area contributed by atoms with Crippen molar-refractivity contribution in [3.8, 4) is 11.4 Å². The quantitative estimate of drug-likeness (QED) is 0.708. The number of hydrogen-bond donors (Lipinski definition) is 1. The van der Waals surface area contributed by atoms with Crippen LogP contribution in [0.1, 0.15) is 5.56 Å². The fraction of sp³-hybridized carbons (Fsp3) is 0.143. The molecule has 0 spiro atoms. The maximum atomic E-state index is 6.11. The van der Waals surface area contributed by atoms with Gasteiger partial charge < -0.3 is 5.73 Å². The number of pyridine rings is 1. The Bertz CT molecular complexity index is 728. The number of rotatable bonds is 1. The summed E-state index contributed by atoms with van der Waals surface area (Å²) < 4.78 is 1.80. The molecule has 2 heterocycles. The van der Waals surface area contributed by atoms with Crippen molar-refractivity contribution in [2.75, 3.05) is 5.73 Å². The second kappa shape index (κ2) is 3.84. The molecule has 90 valence electrons. The zero-order chi connectivity index (χ0) is 12.7. The van der Waals surface area contributed by atoms with E-state index in [2.05, 4.69) is 5.10 Å². The monoisotopic (exact) mass is 238 g/mol. The number of nitrogens with two attached hydrogens (primary N) is 1. The smallest absolute Gasteiger partial charge is 0.0911 e. The van der Waals surface area contributed by atoms with Crippen molar-refractivity contribution in [2.45, 2.75) is 6.92 Å². The van der Waals surface area contributed by atoms with Gasteiger partial charge in [0.25, 0.3) is 0 Å². The number of hydrogen-bond acceptors (Lipinski definition) is 3. The molecule has 0 bridgehead atoms. The zero-order valence-corrected chi connectivity index (χ0v) is 10.4. The van der Waals surface area contributed by atoms with Crippen LogP contribution in [0.5, 0.6) is 0 Å². The molecule has 18 heavy (non-hydrogen) atoms. The minimum Gasteiger partial charge on any atom is -0.398 e. The number of nitrogen functional groups attached to an aromatic ring is 1. The number of aryl methyl sites for hydroxylation is 2. The SMILES string of the molecule is Cc1cccc2c(N)cc(-c3ccnn3C)nc12. The molecule has 4 heteroatoms. The summed E-state index contributed by atoms with van der Waals surface area (Å²) in [5, 5.41) is 5.16. The van der Waals surface area contributed by atoms with Gasteiger partial charge in [0.1, 0.15) is 0 Å². The molecule has 0 unspecified atom stereocenters. The summed E-state index contributed by atoms with van der Waals surface area (Å²) in [4.78, 5) is 4.70. The Labute approximate surface area is 105 Å². The van der Waals surface area contributed by atoms with Gasteiger partial charge in [-0.15, -0.1) is 0 Å². The van der Waals surface area contributed by atoms with E-state index in [0.29, 0.717) is 0 Å². The van der Waals surface area contributed by atoms with E-state index in [1.807, 2.05) is 44.3 Å². The number of benzene rings is 1. The Hall–Kier alpha value is -2.36. The van der Waals surface area contributed by atoms with Crippen molar-refractivity contribution in [2.24, 2.45) is 7.05 Å². The topological polar surface area (TPSA) is 56.7 Å². The van der Waals surface area contributed by atoms with E-state index >= 15 is 0 Å². The Morgan fingerprint density at radius 1 is 1.22 bits per heavy atom. The van der Waals surface area contributed by atoms with Gasteiger partial charge in [0.2, 0.25) is 0 Å². The Morgan fingerprint density at radius 2 is 2.06 bits per heavy atom. The predicted octanol–water partition coefficient (Wildman–Crippen LogP) is 2.53. The van der Waals surface area contributed by atoms with Gasteiger partial charge in [-0.2, -0.15) is 5.10 Å². The molecule has 0 saturated carbocycles. The molecule has 0 amide bonds. The average molecular weight is 238 g/mol. The van der Waals surface area contributed by atoms with Crippen LogP contribution in [0.15, 0.2) is 36.5 Å². The first-order valence-corrected chi connectivity index (χ1v) is 5.81. The van der Waals surface area contributed by atoms with Gasteiger partial charge in [0, 0.05) is 24.3 Å². The highest BCUT2D eigenvalue weighted by molar-refractivity contribution is 5.94. The molecule has 2 aromatic heterocycles. The lowest BCUT2D eigenvalue weighted by Gasteiger charge is -2.08. The molecule has 0 aliphatic rings. The highest BCUT2D eigenvalue weighted by atomic mass is 15.3. The van der Waals surface area contributed by atoms with Crippen LogP contribution in [-0.2, 0) is 7.05 Å². The fourth-order valence-corrected chi connectivity index (χ4v) is 2.17. The van der Waals surface area contributed by atoms with Gasteiger partial charge in [-0.1, -0.05) is 18.2 Å². The molecule has 2 N–H and O–H groups in total. The van der Waals surface area contributed by atoms with Gasteiger partial charge in [0.05, 0.1) is 16.9 Å². The molecule has 0 radical (unpaired) electrons. The summed E-state index contributed by atoms with van der Waals surface area (Å²) in [7, 11) is 1.90. The Kier molecular flexibility index (Phi) is 2.30. The lowest BCUT2D eigenvalue weighted by molar-refractivity contribution is 0.774. The van der Waals surface area contributed by atoms with Crippen LogP contribution in [0.3, 0.4) is 0 Å². The highest BCUT2D eigenvalue weighted by Gasteiger charge is 2.09. The Balaban J connectivity index is 2.34. The first-order valence-electron chi connectivity index (χ1n) is 5.81. The van der Waals surface area contributed by atoms with E-state index < -0.39 is 0 Å². The molecule has 1 aromatic carbocycles. The van der Waals surface area contributed by atoms with E-state index in [1.54, 1.807) is 10.9 Å². The van der Waals surface area contributed by atoms with Crippen molar-refractivity contribution < 1.29 is 0 Å². The van der Waals surface area contributed by atoms with Gasteiger partial charge in [-0.25, -0.2) is 4.98 Å². The summed E-state index contributed by atoms with van der Waals surface area (Å²) in [5.41, 5.74) is 10.8. The van der Waals surface area contributed by atoms with Crippen molar-refractivity contribution >= 4 is 16.6 Å². The van der Waals surface area contributed by atoms with Crippen molar-refractivity contribution in [1.29, 1.82) is 0 Å². The third-order valence-corrected chi connectivity index (χ3v) is 3.16. The first-order chi connectivity index (χ1) is 8.66. The molecule has 0 atom stereocenters. The third-order valence-electron chi connectivity index (χ3n) is 3.16. The van der Waals surface area contributed by atoms with E-state index in [-0.39, 0.29) is 0 Å². The lowest BCUT2D eigenvalue weighted by Crippen LogP contribution is -1.98. The molecular formula is C14H14N4. The van der Waals surface area contributed by atoms with Crippen LogP contribution in [0, 0.1) is 6.92 Å². The first kappa shape index (κ1) is 10.8. The van der Waals surface area contributed by atoms with Crippen molar-refractivity contribution in [1.82, 2.24) is 14.8 Å². The Morgan fingerprint density at radius 3 is 2.78 bits per heavy atom. The number of para-hydroxylation sites is 1. The molecule has 0 aliphatic heterocycles. The highest BCUT2D eigenvalue weighted by Crippen LogP contribution is 2.27. The molecule has 0 fully saturated rings. The van der Waals surface area contributed by atoms with Gasteiger partial charge in [0.15, 0.2) is 0 Å². The molecule has 0 aliphatic carbocycles. The van der Waals surface area contributed by atoms with E-state index in [4.69, 9.17) is 10.7 Å². The summed E-state index contributed by atoms with van der Waals surface area (Å²) >= 11 is 0. The molecule has 3 rings (SSSR count). The maximum Gasteiger partial charge on any atom is 0.0911 e. The molecule has 4 nitrogen and oxygen atoms in total. The summed E-state index contributed by atoms with van der Waals surface area (Å²) in [6, 6.07) is 9.88. The van der Waals surface area contributed by atoms with Crippen molar-refractivity contribution in [3.63, 3.8) is 0 Å². The predicted molar refractivity (Wildman–Crippen MR) is 73.1 cm³/mol. The zero-order valence-electron chi connectivity index (χ0n) is 10.4. The molecule has 0 saturated heterocycles. The number of fused-ring (bicyclic) bond motifs is 1. The number of anilines is 1.